The predicted molar refractivity (Wildman–Crippen MR) is 63.3 cm³/mol. The van der Waals surface area contributed by atoms with E-state index in [4.69, 9.17) is 4.74 Å². The van der Waals surface area contributed by atoms with Gasteiger partial charge >= 0.3 is 5.97 Å². The molecule has 1 rings (SSSR count). The molecule has 0 amide bonds. The summed E-state index contributed by atoms with van der Waals surface area (Å²) in [5.74, 6) is 1.45. The Hall–Kier alpha value is -1.43. The third-order valence-corrected chi connectivity index (χ3v) is 2.78. The van der Waals surface area contributed by atoms with E-state index in [1.165, 1.54) is 7.11 Å². The van der Waals surface area contributed by atoms with E-state index < -0.39 is 0 Å². The largest absolute Gasteiger partial charge is 0.469 e. The standard InChI is InChI=1S/C11H20N4O2/c1-8(11(16)17-5)6-14(3)7-10-13-12-9(2)15(10)4/h8H,6-7H2,1-5H3. The van der Waals surface area contributed by atoms with Gasteiger partial charge in [-0.15, -0.1) is 10.2 Å². The first-order chi connectivity index (χ1) is 7.95. The van der Waals surface area contributed by atoms with E-state index in [2.05, 4.69) is 10.2 Å². The quantitative estimate of drug-likeness (QED) is 0.696. The minimum Gasteiger partial charge on any atom is -0.469 e. The van der Waals surface area contributed by atoms with Crippen LogP contribution in [0.5, 0.6) is 0 Å². The Labute approximate surface area is 102 Å². The predicted octanol–water partition coefficient (Wildman–Crippen LogP) is 0.364. The van der Waals surface area contributed by atoms with Gasteiger partial charge in [0, 0.05) is 13.6 Å². The summed E-state index contributed by atoms with van der Waals surface area (Å²) in [5.41, 5.74) is 0. The Kier molecular flexibility index (Phi) is 4.62. The summed E-state index contributed by atoms with van der Waals surface area (Å²) in [4.78, 5) is 13.3. The van der Waals surface area contributed by atoms with Crippen molar-refractivity contribution in [2.75, 3.05) is 20.7 Å². The molecule has 0 aliphatic carbocycles. The van der Waals surface area contributed by atoms with Gasteiger partial charge in [0.05, 0.1) is 19.6 Å². The summed E-state index contributed by atoms with van der Waals surface area (Å²) in [6.07, 6.45) is 0. The summed E-state index contributed by atoms with van der Waals surface area (Å²) in [7, 11) is 5.29. The molecule has 0 bridgehead atoms. The van der Waals surface area contributed by atoms with E-state index in [0.717, 1.165) is 11.6 Å². The fourth-order valence-electron chi connectivity index (χ4n) is 1.64. The number of hydrogen-bond acceptors (Lipinski definition) is 5. The van der Waals surface area contributed by atoms with Gasteiger partial charge < -0.3 is 9.30 Å². The lowest BCUT2D eigenvalue weighted by Crippen LogP contribution is -2.29. The first kappa shape index (κ1) is 13.6. The lowest BCUT2D eigenvalue weighted by molar-refractivity contribution is -0.145. The molecule has 17 heavy (non-hydrogen) atoms. The molecule has 96 valence electrons. The molecule has 1 heterocycles. The second-order valence-electron chi connectivity index (χ2n) is 4.34. The number of carbonyl (C=O) groups is 1. The number of rotatable bonds is 5. The van der Waals surface area contributed by atoms with Crippen LogP contribution in [0.4, 0.5) is 0 Å². The molecular weight excluding hydrogens is 220 g/mol. The van der Waals surface area contributed by atoms with Crippen LogP contribution in [-0.4, -0.2) is 46.3 Å². The molecule has 0 aliphatic rings. The number of ether oxygens (including phenoxy) is 1. The van der Waals surface area contributed by atoms with Crippen molar-refractivity contribution < 1.29 is 9.53 Å². The molecule has 0 radical (unpaired) electrons. The highest BCUT2D eigenvalue weighted by atomic mass is 16.5. The third-order valence-electron chi connectivity index (χ3n) is 2.78. The summed E-state index contributed by atoms with van der Waals surface area (Å²) in [5, 5.41) is 8.08. The highest BCUT2D eigenvalue weighted by Crippen LogP contribution is 2.05. The molecule has 0 saturated heterocycles. The van der Waals surface area contributed by atoms with Crippen molar-refractivity contribution in [3.05, 3.63) is 11.6 Å². The van der Waals surface area contributed by atoms with E-state index >= 15 is 0 Å². The first-order valence-electron chi connectivity index (χ1n) is 5.57. The number of aromatic nitrogens is 3. The van der Waals surface area contributed by atoms with Crippen LogP contribution < -0.4 is 0 Å². The fraction of sp³-hybridized carbons (Fsp3) is 0.727. The number of carbonyl (C=O) groups excluding carboxylic acids is 1. The van der Waals surface area contributed by atoms with E-state index in [0.29, 0.717) is 13.1 Å². The zero-order chi connectivity index (χ0) is 13.0. The Morgan fingerprint density at radius 3 is 2.65 bits per heavy atom. The van der Waals surface area contributed by atoms with Crippen LogP contribution in [0, 0.1) is 12.8 Å². The van der Waals surface area contributed by atoms with Gasteiger partial charge in [-0.25, -0.2) is 0 Å². The SMILES string of the molecule is COC(=O)C(C)CN(C)Cc1nnc(C)n1C. The minimum atomic E-state index is -0.189. The Morgan fingerprint density at radius 1 is 1.53 bits per heavy atom. The average Bonchev–Trinajstić information content (AvgIpc) is 2.59. The van der Waals surface area contributed by atoms with Crippen molar-refractivity contribution in [3.8, 4) is 0 Å². The number of methoxy groups -OCH3 is 1. The minimum absolute atomic E-state index is 0.140. The third kappa shape index (κ3) is 3.52. The monoisotopic (exact) mass is 240 g/mol. The maximum absolute atomic E-state index is 11.3. The van der Waals surface area contributed by atoms with Gasteiger partial charge in [-0.05, 0) is 14.0 Å². The summed E-state index contributed by atoms with van der Waals surface area (Å²) < 4.78 is 6.64. The van der Waals surface area contributed by atoms with Crippen LogP contribution in [0.15, 0.2) is 0 Å². The molecule has 0 saturated carbocycles. The fourth-order valence-corrected chi connectivity index (χ4v) is 1.64. The summed E-state index contributed by atoms with van der Waals surface area (Å²) in [6, 6.07) is 0. The summed E-state index contributed by atoms with van der Waals surface area (Å²) >= 11 is 0. The van der Waals surface area contributed by atoms with E-state index in [1.807, 2.05) is 37.4 Å². The molecule has 0 aliphatic heterocycles. The van der Waals surface area contributed by atoms with E-state index in [-0.39, 0.29) is 11.9 Å². The smallest absolute Gasteiger partial charge is 0.309 e. The zero-order valence-corrected chi connectivity index (χ0v) is 11.1. The maximum Gasteiger partial charge on any atom is 0.309 e. The molecule has 6 heteroatoms. The van der Waals surface area contributed by atoms with Crippen LogP contribution in [0.3, 0.4) is 0 Å². The maximum atomic E-state index is 11.3. The Balaban J connectivity index is 2.52. The number of esters is 1. The van der Waals surface area contributed by atoms with Gasteiger partial charge in [0.2, 0.25) is 0 Å². The van der Waals surface area contributed by atoms with Gasteiger partial charge in [-0.2, -0.15) is 0 Å². The van der Waals surface area contributed by atoms with Gasteiger partial charge in [-0.3, -0.25) is 9.69 Å². The van der Waals surface area contributed by atoms with Crippen molar-refractivity contribution in [2.45, 2.75) is 20.4 Å². The van der Waals surface area contributed by atoms with Crippen LogP contribution in [0.1, 0.15) is 18.6 Å². The van der Waals surface area contributed by atoms with Crippen molar-refractivity contribution >= 4 is 5.97 Å². The molecule has 0 N–H and O–H groups in total. The molecule has 1 aromatic rings. The van der Waals surface area contributed by atoms with E-state index in [9.17, 15) is 4.79 Å². The number of aryl methyl sites for hydroxylation is 1. The van der Waals surface area contributed by atoms with Gasteiger partial charge in [-0.1, -0.05) is 6.92 Å². The topological polar surface area (TPSA) is 60.2 Å². The first-order valence-corrected chi connectivity index (χ1v) is 5.57. The molecule has 0 spiro atoms. The Morgan fingerprint density at radius 2 is 2.18 bits per heavy atom. The second-order valence-corrected chi connectivity index (χ2v) is 4.34. The van der Waals surface area contributed by atoms with Crippen molar-refractivity contribution in [3.63, 3.8) is 0 Å². The molecule has 0 aromatic carbocycles. The Bertz CT molecular complexity index is 389. The molecule has 1 unspecified atom stereocenters. The van der Waals surface area contributed by atoms with Crippen molar-refractivity contribution in [1.29, 1.82) is 0 Å². The zero-order valence-electron chi connectivity index (χ0n) is 11.1. The van der Waals surface area contributed by atoms with Crippen LogP contribution in [0.2, 0.25) is 0 Å². The van der Waals surface area contributed by atoms with Crippen LogP contribution in [0.25, 0.3) is 0 Å². The van der Waals surface area contributed by atoms with Crippen molar-refractivity contribution in [1.82, 2.24) is 19.7 Å². The lowest BCUT2D eigenvalue weighted by atomic mass is 10.2. The summed E-state index contributed by atoms with van der Waals surface area (Å²) in [6.45, 7) is 5.06. The van der Waals surface area contributed by atoms with Crippen LogP contribution in [-0.2, 0) is 23.1 Å². The highest BCUT2D eigenvalue weighted by molar-refractivity contribution is 5.71. The molecule has 1 aromatic heterocycles. The van der Waals surface area contributed by atoms with E-state index in [1.54, 1.807) is 0 Å². The van der Waals surface area contributed by atoms with Crippen LogP contribution >= 0.6 is 0 Å². The van der Waals surface area contributed by atoms with Gasteiger partial charge in [0.1, 0.15) is 11.6 Å². The van der Waals surface area contributed by atoms with Crippen molar-refractivity contribution in [2.24, 2.45) is 13.0 Å². The average molecular weight is 240 g/mol. The molecular formula is C11H20N4O2. The molecule has 6 nitrogen and oxygen atoms in total. The number of nitrogens with zero attached hydrogens (tertiary/aromatic N) is 4. The number of hydrogen-bond donors (Lipinski definition) is 0. The normalized spacial score (nSPS) is 12.8. The lowest BCUT2D eigenvalue weighted by Gasteiger charge is -2.19. The second kappa shape index (κ2) is 5.77. The van der Waals surface area contributed by atoms with Gasteiger partial charge in [0.25, 0.3) is 0 Å². The van der Waals surface area contributed by atoms with Gasteiger partial charge in [0.15, 0.2) is 0 Å². The molecule has 0 fully saturated rings. The molecule has 1 atom stereocenters. The highest BCUT2D eigenvalue weighted by Gasteiger charge is 2.16.